The zero-order valence-electron chi connectivity index (χ0n) is 11.3. The minimum Gasteiger partial charge on any atom is -0.391 e. The molecule has 1 aliphatic rings. The van der Waals surface area contributed by atoms with Gasteiger partial charge in [0.05, 0.1) is 6.10 Å². The van der Waals surface area contributed by atoms with E-state index in [0.29, 0.717) is 5.92 Å². The van der Waals surface area contributed by atoms with Crippen LogP contribution in [0.3, 0.4) is 0 Å². The molecule has 0 aromatic heterocycles. The van der Waals surface area contributed by atoms with E-state index in [4.69, 9.17) is 5.73 Å². The molecule has 1 fully saturated rings. The molecule has 0 aliphatic carbocycles. The maximum Gasteiger partial charge on any atom is 0.0741 e. The van der Waals surface area contributed by atoms with Gasteiger partial charge in [0.25, 0.3) is 0 Å². The SMILES string of the molecule is CC[C@@H](N)c1ccc(N2CCC(C)C(O)C2)cc1. The van der Waals surface area contributed by atoms with Gasteiger partial charge in [0.1, 0.15) is 0 Å². The number of hydrogen-bond donors (Lipinski definition) is 2. The number of β-amino-alcohol motifs (C(OH)–C–C–N with tert-alkyl or cyclic N) is 1. The average Bonchev–Trinajstić information content (AvgIpc) is 2.41. The predicted octanol–water partition coefficient (Wildman–Crippen LogP) is 2.30. The van der Waals surface area contributed by atoms with Crippen LogP contribution in [-0.4, -0.2) is 24.3 Å². The van der Waals surface area contributed by atoms with E-state index in [0.717, 1.165) is 25.9 Å². The summed E-state index contributed by atoms with van der Waals surface area (Å²) in [6.07, 6.45) is 1.80. The first-order valence-corrected chi connectivity index (χ1v) is 6.90. The second kappa shape index (κ2) is 5.72. The van der Waals surface area contributed by atoms with Gasteiger partial charge in [0, 0.05) is 24.8 Å². The van der Waals surface area contributed by atoms with Crippen molar-refractivity contribution < 1.29 is 5.11 Å². The predicted molar refractivity (Wildman–Crippen MR) is 75.7 cm³/mol. The molecule has 2 unspecified atom stereocenters. The first kappa shape index (κ1) is 13.4. The minimum absolute atomic E-state index is 0.131. The molecular weight excluding hydrogens is 224 g/mol. The van der Waals surface area contributed by atoms with Crippen LogP contribution in [-0.2, 0) is 0 Å². The lowest BCUT2D eigenvalue weighted by Crippen LogP contribution is -2.42. The van der Waals surface area contributed by atoms with Crippen molar-refractivity contribution >= 4 is 5.69 Å². The number of hydrogen-bond acceptors (Lipinski definition) is 3. The lowest BCUT2D eigenvalue weighted by atomic mass is 9.95. The molecule has 1 aromatic carbocycles. The van der Waals surface area contributed by atoms with Gasteiger partial charge in [-0.05, 0) is 36.5 Å². The van der Waals surface area contributed by atoms with E-state index >= 15 is 0 Å². The Morgan fingerprint density at radius 2 is 2.06 bits per heavy atom. The summed E-state index contributed by atoms with van der Waals surface area (Å²) in [5.74, 6) is 0.411. The summed E-state index contributed by atoms with van der Waals surface area (Å²) in [6.45, 7) is 5.98. The highest BCUT2D eigenvalue weighted by Gasteiger charge is 2.24. The Labute approximate surface area is 110 Å². The maximum atomic E-state index is 9.93. The second-order valence-corrected chi connectivity index (χ2v) is 5.39. The highest BCUT2D eigenvalue weighted by molar-refractivity contribution is 5.48. The van der Waals surface area contributed by atoms with Gasteiger partial charge in [-0.1, -0.05) is 26.0 Å². The molecule has 3 heteroatoms. The Bertz CT molecular complexity index is 377. The largest absolute Gasteiger partial charge is 0.391 e. The fourth-order valence-electron chi connectivity index (χ4n) is 2.45. The van der Waals surface area contributed by atoms with Crippen LogP contribution in [0.25, 0.3) is 0 Å². The molecule has 1 aromatic rings. The van der Waals surface area contributed by atoms with Crippen LogP contribution in [0.2, 0.25) is 0 Å². The average molecular weight is 248 g/mol. The van der Waals surface area contributed by atoms with Crippen LogP contribution in [0.15, 0.2) is 24.3 Å². The summed E-state index contributed by atoms with van der Waals surface area (Å²) in [6, 6.07) is 8.58. The van der Waals surface area contributed by atoms with Crippen molar-refractivity contribution in [2.24, 2.45) is 11.7 Å². The zero-order chi connectivity index (χ0) is 13.1. The third-order valence-corrected chi connectivity index (χ3v) is 4.04. The van der Waals surface area contributed by atoms with Crippen molar-refractivity contribution in [1.29, 1.82) is 0 Å². The van der Waals surface area contributed by atoms with E-state index in [-0.39, 0.29) is 12.1 Å². The van der Waals surface area contributed by atoms with Gasteiger partial charge in [0.15, 0.2) is 0 Å². The van der Waals surface area contributed by atoms with Crippen LogP contribution < -0.4 is 10.6 Å². The number of aliphatic hydroxyl groups excluding tert-OH is 1. The third-order valence-electron chi connectivity index (χ3n) is 4.04. The Kier molecular flexibility index (Phi) is 4.25. The molecule has 0 amide bonds. The van der Waals surface area contributed by atoms with Crippen molar-refractivity contribution in [1.82, 2.24) is 0 Å². The number of nitrogens with two attached hydrogens (primary N) is 1. The van der Waals surface area contributed by atoms with E-state index in [1.165, 1.54) is 11.3 Å². The van der Waals surface area contributed by atoms with Crippen molar-refractivity contribution in [3.05, 3.63) is 29.8 Å². The molecule has 0 radical (unpaired) electrons. The molecule has 3 atom stereocenters. The van der Waals surface area contributed by atoms with Gasteiger partial charge >= 0.3 is 0 Å². The van der Waals surface area contributed by atoms with Gasteiger partial charge in [-0.2, -0.15) is 0 Å². The van der Waals surface area contributed by atoms with Gasteiger partial charge in [-0.15, -0.1) is 0 Å². The van der Waals surface area contributed by atoms with E-state index in [9.17, 15) is 5.11 Å². The van der Waals surface area contributed by atoms with Crippen molar-refractivity contribution in [3.63, 3.8) is 0 Å². The number of benzene rings is 1. The quantitative estimate of drug-likeness (QED) is 0.863. The molecule has 0 saturated carbocycles. The normalized spacial score (nSPS) is 26.1. The topological polar surface area (TPSA) is 49.5 Å². The fraction of sp³-hybridized carbons (Fsp3) is 0.600. The molecule has 0 spiro atoms. The highest BCUT2D eigenvalue weighted by Crippen LogP contribution is 2.25. The lowest BCUT2D eigenvalue weighted by molar-refractivity contribution is 0.103. The number of piperidine rings is 1. The number of nitrogens with zero attached hydrogens (tertiary/aromatic N) is 1. The Hall–Kier alpha value is -1.06. The maximum absolute atomic E-state index is 9.93. The van der Waals surface area contributed by atoms with Crippen LogP contribution in [0.4, 0.5) is 5.69 Å². The zero-order valence-corrected chi connectivity index (χ0v) is 11.3. The molecule has 1 saturated heterocycles. The first-order chi connectivity index (χ1) is 8.61. The van der Waals surface area contributed by atoms with Crippen LogP contribution in [0.5, 0.6) is 0 Å². The molecule has 18 heavy (non-hydrogen) atoms. The fourth-order valence-corrected chi connectivity index (χ4v) is 2.45. The minimum atomic E-state index is -0.212. The molecule has 100 valence electrons. The Morgan fingerprint density at radius 1 is 1.39 bits per heavy atom. The van der Waals surface area contributed by atoms with Gasteiger partial charge in [-0.3, -0.25) is 0 Å². The number of rotatable bonds is 3. The van der Waals surface area contributed by atoms with Crippen LogP contribution in [0, 0.1) is 5.92 Å². The van der Waals surface area contributed by atoms with E-state index in [1.54, 1.807) is 0 Å². The standard InChI is InChI=1S/C15H24N2O/c1-3-14(16)12-4-6-13(7-5-12)17-9-8-11(2)15(18)10-17/h4-7,11,14-15,18H,3,8-10,16H2,1-2H3/t11?,14-,15?/m1/s1. The number of aliphatic hydroxyl groups is 1. The number of anilines is 1. The molecule has 3 N–H and O–H groups in total. The summed E-state index contributed by atoms with van der Waals surface area (Å²) in [7, 11) is 0. The monoisotopic (exact) mass is 248 g/mol. The van der Waals surface area contributed by atoms with E-state index in [1.807, 2.05) is 0 Å². The molecule has 3 nitrogen and oxygen atoms in total. The molecule has 1 aliphatic heterocycles. The van der Waals surface area contributed by atoms with E-state index in [2.05, 4.69) is 43.0 Å². The smallest absolute Gasteiger partial charge is 0.0741 e. The van der Waals surface area contributed by atoms with Crippen LogP contribution >= 0.6 is 0 Å². The molecular formula is C15H24N2O. The third kappa shape index (κ3) is 2.85. The summed E-state index contributed by atoms with van der Waals surface area (Å²) < 4.78 is 0. The van der Waals surface area contributed by atoms with Crippen LogP contribution in [0.1, 0.15) is 38.3 Å². The summed E-state index contributed by atoms with van der Waals surface area (Å²) in [4.78, 5) is 2.26. The first-order valence-electron chi connectivity index (χ1n) is 6.90. The van der Waals surface area contributed by atoms with Crippen molar-refractivity contribution in [3.8, 4) is 0 Å². The summed E-state index contributed by atoms with van der Waals surface area (Å²) in [5.41, 5.74) is 8.38. The van der Waals surface area contributed by atoms with Crippen molar-refractivity contribution in [2.75, 3.05) is 18.0 Å². The lowest BCUT2D eigenvalue weighted by Gasteiger charge is -2.36. The van der Waals surface area contributed by atoms with Gasteiger partial charge < -0.3 is 15.7 Å². The molecule has 2 rings (SSSR count). The van der Waals surface area contributed by atoms with Gasteiger partial charge in [-0.25, -0.2) is 0 Å². The Balaban J connectivity index is 2.06. The van der Waals surface area contributed by atoms with E-state index < -0.39 is 0 Å². The van der Waals surface area contributed by atoms with Gasteiger partial charge in [0.2, 0.25) is 0 Å². The highest BCUT2D eigenvalue weighted by atomic mass is 16.3. The Morgan fingerprint density at radius 3 is 2.61 bits per heavy atom. The van der Waals surface area contributed by atoms with Crippen molar-refractivity contribution in [2.45, 2.75) is 38.8 Å². The second-order valence-electron chi connectivity index (χ2n) is 5.39. The summed E-state index contributed by atoms with van der Waals surface area (Å²) >= 11 is 0. The molecule has 1 heterocycles. The molecule has 0 bridgehead atoms. The summed E-state index contributed by atoms with van der Waals surface area (Å²) in [5, 5.41) is 9.93.